The van der Waals surface area contributed by atoms with Crippen molar-refractivity contribution in [3.63, 3.8) is 0 Å². The smallest absolute Gasteiger partial charge is 0.344 e. The molecule has 3 aromatic carbocycles. The first-order chi connectivity index (χ1) is 18.7. The first-order valence-corrected chi connectivity index (χ1v) is 15.1. The third-order valence-electron chi connectivity index (χ3n) is 5.49. The minimum Gasteiger partial charge on any atom is -0.506 e. The molecule has 1 aliphatic rings. The first kappa shape index (κ1) is 29.6. The lowest BCUT2D eigenvalue weighted by Gasteiger charge is -2.12. The Bertz CT molecular complexity index is 1490. The maximum Gasteiger partial charge on any atom is 0.344 e. The van der Waals surface area contributed by atoms with Crippen molar-refractivity contribution in [3.8, 4) is 5.75 Å². The Hall–Kier alpha value is -2.35. The quantitative estimate of drug-likeness (QED) is 0.193. The summed E-state index contributed by atoms with van der Waals surface area (Å²) in [4.78, 5) is 30.1. The number of halogens is 3. The van der Waals surface area contributed by atoms with Crippen LogP contribution in [-0.4, -0.2) is 28.6 Å². The van der Waals surface area contributed by atoms with Gasteiger partial charge in [0, 0.05) is 10.6 Å². The first-order valence-electron chi connectivity index (χ1n) is 11.7. The summed E-state index contributed by atoms with van der Waals surface area (Å²) in [7, 11) is 0. The second-order valence-electron chi connectivity index (χ2n) is 8.37. The number of benzene rings is 3. The standard InChI is InChI=1S/C29H22ClI2NO5S/c1-3-37-29(36)24-25(34)23(39-28(24)33-27(35)19-8-4-16(2)5-9-19)14-18-12-21(31)26(22(32)13-18)38-15-17-6-10-20(30)11-7-17/h4-14,34H,3,15H2,1-2H3/b23-14-,33-28?. The number of hydrogen-bond donors (Lipinski definition) is 1. The minimum atomic E-state index is -0.739. The van der Waals surface area contributed by atoms with E-state index in [1.807, 2.05) is 55.5 Å². The molecule has 200 valence electrons. The predicted molar refractivity (Wildman–Crippen MR) is 172 cm³/mol. The van der Waals surface area contributed by atoms with E-state index in [0.29, 0.717) is 22.1 Å². The van der Waals surface area contributed by atoms with Crippen molar-refractivity contribution in [3.05, 3.63) is 111 Å². The normalized spacial score (nSPS) is 15.2. The van der Waals surface area contributed by atoms with Gasteiger partial charge in [-0.3, -0.25) is 4.79 Å². The van der Waals surface area contributed by atoms with E-state index in [1.54, 1.807) is 25.1 Å². The number of rotatable bonds is 7. The summed E-state index contributed by atoms with van der Waals surface area (Å²) in [5, 5.41) is 11.7. The zero-order chi connectivity index (χ0) is 28.1. The van der Waals surface area contributed by atoms with Gasteiger partial charge in [-0.15, -0.1) is 0 Å². The molecule has 39 heavy (non-hydrogen) atoms. The topological polar surface area (TPSA) is 85.2 Å². The van der Waals surface area contributed by atoms with E-state index in [-0.39, 0.29) is 23.0 Å². The molecule has 0 saturated carbocycles. The molecule has 3 aromatic rings. The van der Waals surface area contributed by atoms with Crippen LogP contribution in [0, 0.1) is 14.1 Å². The van der Waals surface area contributed by atoms with E-state index in [2.05, 4.69) is 50.2 Å². The van der Waals surface area contributed by atoms with Crippen molar-refractivity contribution in [2.75, 3.05) is 6.61 Å². The van der Waals surface area contributed by atoms with Gasteiger partial charge in [0.05, 0.1) is 18.7 Å². The van der Waals surface area contributed by atoms with Gasteiger partial charge in [0.25, 0.3) is 5.91 Å². The summed E-state index contributed by atoms with van der Waals surface area (Å²) in [6.07, 6.45) is 1.74. The fourth-order valence-corrected chi connectivity index (χ4v) is 6.80. The molecule has 0 unspecified atom stereocenters. The van der Waals surface area contributed by atoms with Gasteiger partial charge in [-0.2, -0.15) is 0 Å². The van der Waals surface area contributed by atoms with Crippen LogP contribution < -0.4 is 4.74 Å². The molecule has 10 heteroatoms. The highest BCUT2D eigenvalue weighted by Crippen LogP contribution is 2.40. The lowest BCUT2D eigenvalue weighted by molar-refractivity contribution is -0.138. The third kappa shape index (κ3) is 7.44. The molecule has 4 rings (SSSR count). The predicted octanol–water partition coefficient (Wildman–Crippen LogP) is 8.14. The molecule has 0 spiro atoms. The van der Waals surface area contributed by atoms with Crippen molar-refractivity contribution in [1.82, 2.24) is 0 Å². The highest BCUT2D eigenvalue weighted by molar-refractivity contribution is 14.1. The molecule has 1 heterocycles. The number of aliphatic hydroxyl groups excluding tert-OH is 1. The molecular weight excluding hydrogens is 764 g/mol. The number of aryl methyl sites for hydroxylation is 1. The molecule has 0 atom stereocenters. The molecule has 0 fully saturated rings. The average molecular weight is 786 g/mol. The van der Waals surface area contributed by atoms with Crippen LogP contribution in [0.4, 0.5) is 0 Å². The Morgan fingerprint density at radius 1 is 1.05 bits per heavy atom. The van der Waals surface area contributed by atoms with Gasteiger partial charge < -0.3 is 14.6 Å². The Balaban J connectivity index is 1.62. The number of amides is 1. The van der Waals surface area contributed by atoms with Crippen molar-refractivity contribution < 1.29 is 24.2 Å². The molecule has 0 aliphatic carbocycles. The van der Waals surface area contributed by atoms with Crippen molar-refractivity contribution >= 4 is 91.5 Å². The van der Waals surface area contributed by atoms with Crippen LogP contribution in [0.5, 0.6) is 5.75 Å². The number of aliphatic imine (C=N–C) groups is 1. The van der Waals surface area contributed by atoms with Crippen LogP contribution in [-0.2, 0) is 16.1 Å². The molecule has 1 aliphatic heterocycles. The summed E-state index contributed by atoms with van der Waals surface area (Å²) < 4.78 is 13.0. The molecule has 0 saturated heterocycles. The molecule has 1 N–H and O–H groups in total. The Morgan fingerprint density at radius 2 is 1.69 bits per heavy atom. The molecule has 0 radical (unpaired) electrons. The average Bonchev–Trinajstić information content (AvgIpc) is 3.19. The van der Waals surface area contributed by atoms with Crippen LogP contribution in [0.15, 0.2) is 81.9 Å². The lowest BCUT2D eigenvalue weighted by atomic mass is 10.1. The van der Waals surface area contributed by atoms with E-state index in [0.717, 1.165) is 41.3 Å². The number of hydrogen-bond acceptors (Lipinski definition) is 6. The number of thioether (sulfide) groups is 1. The number of ether oxygens (including phenoxy) is 2. The Labute approximate surface area is 262 Å². The van der Waals surface area contributed by atoms with E-state index >= 15 is 0 Å². The number of esters is 1. The van der Waals surface area contributed by atoms with E-state index < -0.39 is 11.9 Å². The van der Waals surface area contributed by atoms with Crippen LogP contribution in [0.2, 0.25) is 5.02 Å². The van der Waals surface area contributed by atoms with Gasteiger partial charge in [-0.25, -0.2) is 9.79 Å². The number of carbonyl (C=O) groups excluding carboxylic acids is 2. The third-order valence-corrected chi connectivity index (χ3v) is 8.36. The zero-order valence-electron chi connectivity index (χ0n) is 20.8. The largest absolute Gasteiger partial charge is 0.506 e. The van der Waals surface area contributed by atoms with Gasteiger partial charge in [0.2, 0.25) is 0 Å². The van der Waals surface area contributed by atoms with Gasteiger partial charge in [-0.1, -0.05) is 53.2 Å². The number of aliphatic hydroxyl groups is 1. The monoisotopic (exact) mass is 785 g/mol. The fourth-order valence-electron chi connectivity index (χ4n) is 3.53. The highest BCUT2D eigenvalue weighted by Gasteiger charge is 2.34. The molecule has 0 aromatic heterocycles. The van der Waals surface area contributed by atoms with Crippen LogP contribution in [0.25, 0.3) is 6.08 Å². The molecular formula is C29H22ClI2NO5S. The van der Waals surface area contributed by atoms with E-state index in [9.17, 15) is 14.7 Å². The van der Waals surface area contributed by atoms with E-state index in [1.165, 1.54) is 0 Å². The number of carbonyl (C=O) groups is 2. The minimum absolute atomic E-state index is 0.0927. The maximum absolute atomic E-state index is 12.8. The second kappa shape index (κ2) is 13.3. The van der Waals surface area contributed by atoms with Gasteiger partial charge in [0.15, 0.2) is 0 Å². The Morgan fingerprint density at radius 3 is 2.31 bits per heavy atom. The van der Waals surface area contributed by atoms with Crippen LogP contribution in [0.1, 0.15) is 34.0 Å². The second-order valence-corrected chi connectivity index (χ2v) is 12.2. The van der Waals surface area contributed by atoms with Crippen molar-refractivity contribution in [2.24, 2.45) is 4.99 Å². The van der Waals surface area contributed by atoms with E-state index in [4.69, 9.17) is 21.1 Å². The summed E-state index contributed by atoms with van der Waals surface area (Å²) in [6, 6.07) is 18.3. The molecule has 0 bridgehead atoms. The van der Waals surface area contributed by atoms with Gasteiger partial charge in [-0.05, 0) is 113 Å². The summed E-state index contributed by atoms with van der Waals surface area (Å²) in [5.41, 5.74) is 3.04. The maximum atomic E-state index is 12.8. The molecule has 1 amide bonds. The summed E-state index contributed by atoms with van der Waals surface area (Å²) in [6.45, 7) is 4.10. The lowest BCUT2D eigenvalue weighted by Crippen LogP contribution is -2.14. The van der Waals surface area contributed by atoms with Crippen LogP contribution in [0.3, 0.4) is 0 Å². The van der Waals surface area contributed by atoms with Gasteiger partial charge >= 0.3 is 5.97 Å². The van der Waals surface area contributed by atoms with Gasteiger partial charge in [0.1, 0.15) is 28.7 Å². The molecule has 6 nitrogen and oxygen atoms in total. The van der Waals surface area contributed by atoms with Crippen molar-refractivity contribution in [2.45, 2.75) is 20.5 Å². The highest BCUT2D eigenvalue weighted by atomic mass is 127. The van der Waals surface area contributed by atoms with Crippen LogP contribution >= 0.6 is 68.5 Å². The SMILES string of the molecule is CCOC(=O)C1=C(O)/C(=C/c2cc(I)c(OCc3ccc(Cl)cc3)c(I)c2)SC1=NC(=O)c1ccc(C)cc1. The Kier molecular flexibility index (Phi) is 10.1. The summed E-state index contributed by atoms with van der Waals surface area (Å²) in [5.74, 6) is -0.789. The van der Waals surface area contributed by atoms with Crippen molar-refractivity contribution in [1.29, 1.82) is 0 Å². The fraction of sp³-hybridized carbons (Fsp3) is 0.138. The zero-order valence-corrected chi connectivity index (χ0v) is 26.7. The summed E-state index contributed by atoms with van der Waals surface area (Å²) >= 11 is 11.4. The number of nitrogens with zero attached hydrogens (tertiary/aromatic N) is 1.